The molecule has 0 aromatic carbocycles. The molecule has 0 aromatic heterocycles. The van der Waals surface area contributed by atoms with E-state index in [9.17, 15) is 4.79 Å². The van der Waals surface area contributed by atoms with Gasteiger partial charge in [0.25, 0.3) is 0 Å². The van der Waals surface area contributed by atoms with Crippen molar-refractivity contribution in [3.05, 3.63) is 0 Å². The van der Waals surface area contributed by atoms with Crippen LogP contribution in [-0.2, 0) is 4.79 Å². The molecule has 0 spiro atoms. The summed E-state index contributed by atoms with van der Waals surface area (Å²) in [6.07, 6.45) is 5.22. The molecule has 0 saturated heterocycles. The maximum atomic E-state index is 10.3. The number of hydrogen-bond acceptors (Lipinski definition) is 1. The van der Waals surface area contributed by atoms with Gasteiger partial charge in [-0.05, 0) is 24.7 Å². The van der Waals surface area contributed by atoms with Gasteiger partial charge in [0.05, 0.1) is 0 Å². The molecule has 0 amide bonds. The van der Waals surface area contributed by atoms with E-state index in [0.717, 1.165) is 18.8 Å². The summed E-state index contributed by atoms with van der Waals surface area (Å²) in [6, 6.07) is 0. The fraction of sp³-hybridized carbons (Fsp3) is 0.889. The lowest BCUT2D eigenvalue weighted by molar-refractivity contribution is -0.139. The summed E-state index contributed by atoms with van der Waals surface area (Å²) in [7, 11) is 0. The van der Waals surface area contributed by atoms with Crippen molar-refractivity contribution >= 4 is 5.97 Å². The Kier molecular flexibility index (Phi) is 2.92. The normalized spacial score (nSPS) is 29.5. The van der Waals surface area contributed by atoms with Crippen LogP contribution in [0.4, 0.5) is 0 Å². The highest BCUT2D eigenvalue weighted by atomic mass is 16.4. The van der Waals surface area contributed by atoms with Crippen LogP contribution in [0.3, 0.4) is 0 Å². The highest BCUT2D eigenvalue weighted by Gasteiger charge is 2.29. The van der Waals surface area contributed by atoms with E-state index in [2.05, 4.69) is 6.92 Å². The fourth-order valence-electron chi connectivity index (χ4n) is 1.93. The fourth-order valence-corrected chi connectivity index (χ4v) is 1.93. The smallest absolute Gasteiger partial charge is 0.303 e. The molecule has 0 unspecified atom stereocenters. The van der Waals surface area contributed by atoms with Crippen LogP contribution < -0.4 is 0 Å². The lowest BCUT2D eigenvalue weighted by Crippen LogP contribution is -2.25. The minimum Gasteiger partial charge on any atom is -0.481 e. The second-order valence-corrected chi connectivity index (χ2v) is 3.59. The Morgan fingerprint density at radius 3 is 2.55 bits per heavy atom. The second kappa shape index (κ2) is 3.74. The molecule has 0 aliphatic heterocycles. The Morgan fingerprint density at radius 2 is 2.09 bits per heavy atom. The van der Waals surface area contributed by atoms with E-state index in [0.29, 0.717) is 12.3 Å². The quantitative estimate of drug-likeness (QED) is 0.678. The molecular weight excluding hydrogens is 140 g/mol. The van der Waals surface area contributed by atoms with Crippen LogP contribution in [-0.4, -0.2) is 11.1 Å². The van der Waals surface area contributed by atoms with Gasteiger partial charge in [-0.3, -0.25) is 4.79 Å². The van der Waals surface area contributed by atoms with Crippen molar-refractivity contribution in [2.45, 2.75) is 39.0 Å². The van der Waals surface area contributed by atoms with Gasteiger partial charge < -0.3 is 5.11 Å². The van der Waals surface area contributed by atoms with E-state index < -0.39 is 5.97 Å². The number of hydrogen-bond donors (Lipinski definition) is 1. The molecule has 1 aliphatic rings. The first-order chi connectivity index (χ1) is 5.22. The second-order valence-electron chi connectivity index (χ2n) is 3.59. The first kappa shape index (κ1) is 8.57. The van der Waals surface area contributed by atoms with Gasteiger partial charge in [0.2, 0.25) is 0 Å². The van der Waals surface area contributed by atoms with E-state index in [-0.39, 0.29) is 0 Å². The lowest BCUT2D eigenvalue weighted by atomic mass is 9.71. The molecule has 0 bridgehead atoms. The summed E-state index contributed by atoms with van der Waals surface area (Å²) in [4.78, 5) is 10.3. The standard InChI is InChI=1S/C9H16O2/c1-2-3-7-4-8(5-7)6-9(10)11/h7-8H,2-6H2,1H3,(H,10,11). The van der Waals surface area contributed by atoms with Crippen molar-refractivity contribution in [3.8, 4) is 0 Å². The highest BCUT2D eigenvalue weighted by molar-refractivity contribution is 5.67. The molecule has 0 radical (unpaired) electrons. The molecule has 1 aliphatic carbocycles. The molecule has 1 fully saturated rings. The lowest BCUT2D eigenvalue weighted by Gasteiger charge is -2.34. The predicted octanol–water partition coefficient (Wildman–Crippen LogP) is 2.29. The minimum atomic E-state index is -0.634. The molecule has 0 aromatic rings. The van der Waals surface area contributed by atoms with Gasteiger partial charge in [-0.25, -0.2) is 0 Å². The summed E-state index contributed by atoms with van der Waals surface area (Å²) < 4.78 is 0. The molecule has 64 valence electrons. The molecule has 2 heteroatoms. The minimum absolute atomic E-state index is 0.389. The molecule has 11 heavy (non-hydrogen) atoms. The van der Waals surface area contributed by atoms with Crippen molar-refractivity contribution in [3.63, 3.8) is 0 Å². The predicted molar refractivity (Wildman–Crippen MR) is 43.4 cm³/mol. The van der Waals surface area contributed by atoms with Crippen molar-refractivity contribution in [2.24, 2.45) is 11.8 Å². The SMILES string of the molecule is CCCC1CC(CC(=O)O)C1. The Balaban J connectivity index is 2.04. The monoisotopic (exact) mass is 156 g/mol. The molecule has 1 N–H and O–H groups in total. The number of carbonyl (C=O) groups is 1. The Morgan fingerprint density at radius 1 is 1.45 bits per heavy atom. The van der Waals surface area contributed by atoms with Crippen molar-refractivity contribution < 1.29 is 9.90 Å². The molecule has 1 saturated carbocycles. The first-order valence-electron chi connectivity index (χ1n) is 4.44. The molecular formula is C9H16O2. The van der Waals surface area contributed by atoms with E-state index in [4.69, 9.17) is 5.11 Å². The van der Waals surface area contributed by atoms with Gasteiger partial charge in [-0.1, -0.05) is 19.8 Å². The van der Waals surface area contributed by atoms with Crippen LogP contribution in [0, 0.1) is 11.8 Å². The third kappa shape index (κ3) is 2.52. The molecule has 0 heterocycles. The zero-order valence-electron chi connectivity index (χ0n) is 7.05. The summed E-state index contributed by atoms with van der Waals surface area (Å²) >= 11 is 0. The molecule has 1 rings (SSSR count). The summed E-state index contributed by atoms with van der Waals surface area (Å²) in [5.41, 5.74) is 0. The summed E-state index contributed by atoms with van der Waals surface area (Å²) in [5.74, 6) is 0.693. The van der Waals surface area contributed by atoms with Crippen LogP contribution in [0.15, 0.2) is 0 Å². The van der Waals surface area contributed by atoms with Crippen molar-refractivity contribution in [2.75, 3.05) is 0 Å². The van der Waals surface area contributed by atoms with Crippen LogP contribution >= 0.6 is 0 Å². The van der Waals surface area contributed by atoms with E-state index in [1.165, 1.54) is 12.8 Å². The van der Waals surface area contributed by atoms with Gasteiger partial charge in [-0.2, -0.15) is 0 Å². The third-order valence-electron chi connectivity index (χ3n) is 2.49. The third-order valence-corrected chi connectivity index (χ3v) is 2.49. The first-order valence-corrected chi connectivity index (χ1v) is 4.44. The van der Waals surface area contributed by atoms with Gasteiger partial charge >= 0.3 is 5.97 Å². The summed E-state index contributed by atoms with van der Waals surface area (Å²) in [6.45, 7) is 2.19. The average molecular weight is 156 g/mol. The maximum Gasteiger partial charge on any atom is 0.303 e. The zero-order chi connectivity index (χ0) is 8.27. The van der Waals surface area contributed by atoms with Gasteiger partial charge in [0.1, 0.15) is 0 Å². The van der Waals surface area contributed by atoms with Crippen molar-refractivity contribution in [1.29, 1.82) is 0 Å². The highest BCUT2D eigenvalue weighted by Crippen LogP contribution is 2.38. The average Bonchev–Trinajstić information content (AvgIpc) is 1.82. The van der Waals surface area contributed by atoms with Gasteiger partial charge in [0.15, 0.2) is 0 Å². The van der Waals surface area contributed by atoms with Crippen LogP contribution in [0.5, 0.6) is 0 Å². The van der Waals surface area contributed by atoms with E-state index in [1.807, 2.05) is 0 Å². The Hall–Kier alpha value is -0.530. The molecule has 2 nitrogen and oxygen atoms in total. The summed E-state index contributed by atoms with van der Waals surface area (Å²) in [5, 5.41) is 8.47. The number of carboxylic acid groups (broad SMARTS) is 1. The van der Waals surface area contributed by atoms with E-state index in [1.54, 1.807) is 0 Å². The largest absolute Gasteiger partial charge is 0.481 e. The maximum absolute atomic E-state index is 10.3. The number of aliphatic carboxylic acids is 1. The van der Waals surface area contributed by atoms with E-state index >= 15 is 0 Å². The van der Waals surface area contributed by atoms with Crippen molar-refractivity contribution in [1.82, 2.24) is 0 Å². The Bertz CT molecular complexity index is 136. The van der Waals surface area contributed by atoms with Crippen LogP contribution in [0.2, 0.25) is 0 Å². The number of carboxylic acids is 1. The van der Waals surface area contributed by atoms with Gasteiger partial charge in [-0.15, -0.1) is 0 Å². The zero-order valence-corrected chi connectivity index (χ0v) is 7.05. The van der Waals surface area contributed by atoms with Gasteiger partial charge in [0, 0.05) is 6.42 Å². The van der Waals surface area contributed by atoms with Crippen LogP contribution in [0.1, 0.15) is 39.0 Å². The van der Waals surface area contributed by atoms with Crippen LogP contribution in [0.25, 0.3) is 0 Å². The molecule has 0 atom stereocenters. The Labute approximate surface area is 67.6 Å². The topological polar surface area (TPSA) is 37.3 Å². The number of rotatable bonds is 4.